The first-order valence-electron chi connectivity index (χ1n) is 8.99. The first-order valence-corrected chi connectivity index (χ1v) is 8.99. The molecule has 0 unspecified atom stereocenters. The second-order valence-electron chi connectivity index (χ2n) is 6.66. The predicted octanol–water partition coefficient (Wildman–Crippen LogP) is 2.35. The molecule has 0 saturated carbocycles. The summed E-state index contributed by atoms with van der Waals surface area (Å²) in [7, 11) is 0. The molecule has 138 valence electrons. The molecule has 0 spiro atoms. The van der Waals surface area contributed by atoms with Gasteiger partial charge >= 0.3 is 0 Å². The summed E-state index contributed by atoms with van der Waals surface area (Å²) < 4.78 is 0. The summed E-state index contributed by atoms with van der Waals surface area (Å²) in [6.45, 7) is 7.49. The average Bonchev–Trinajstić information content (AvgIpc) is 2.68. The first kappa shape index (κ1) is 17.1. The van der Waals surface area contributed by atoms with E-state index in [4.69, 9.17) is 0 Å². The van der Waals surface area contributed by atoms with Gasteiger partial charge < -0.3 is 15.1 Å². The minimum atomic E-state index is 0.506. The largest absolute Gasteiger partial charge is 0.352 e. The third-order valence-electron chi connectivity index (χ3n) is 4.46. The Morgan fingerprint density at radius 2 is 1.56 bits per heavy atom. The minimum absolute atomic E-state index is 0.506. The highest BCUT2D eigenvalue weighted by atomic mass is 15.4. The third-order valence-corrected chi connectivity index (χ3v) is 4.46. The number of anilines is 4. The summed E-state index contributed by atoms with van der Waals surface area (Å²) in [5, 5.41) is 11.5. The van der Waals surface area contributed by atoms with Gasteiger partial charge in [0, 0.05) is 44.3 Å². The monoisotopic (exact) mass is 362 g/mol. The van der Waals surface area contributed by atoms with Crippen molar-refractivity contribution in [2.75, 3.05) is 41.3 Å². The van der Waals surface area contributed by atoms with E-state index in [2.05, 4.69) is 72.3 Å². The Bertz CT molecular complexity index is 886. The molecule has 8 heteroatoms. The van der Waals surface area contributed by atoms with E-state index in [1.807, 2.05) is 6.07 Å². The maximum atomic E-state index is 4.64. The van der Waals surface area contributed by atoms with Crippen molar-refractivity contribution in [1.29, 1.82) is 0 Å². The van der Waals surface area contributed by atoms with Crippen molar-refractivity contribution in [1.82, 2.24) is 25.1 Å². The molecule has 0 radical (unpaired) electrons. The van der Waals surface area contributed by atoms with Crippen molar-refractivity contribution in [3.63, 3.8) is 0 Å². The van der Waals surface area contributed by atoms with E-state index < -0.39 is 0 Å². The zero-order valence-corrected chi connectivity index (χ0v) is 15.5. The number of aromatic nitrogens is 5. The number of hydrogen-bond acceptors (Lipinski definition) is 8. The van der Waals surface area contributed by atoms with Crippen LogP contribution in [0.25, 0.3) is 0 Å². The van der Waals surface area contributed by atoms with Crippen LogP contribution in [0.5, 0.6) is 0 Å². The lowest BCUT2D eigenvalue weighted by Gasteiger charge is -2.35. The molecule has 0 atom stereocenters. The van der Waals surface area contributed by atoms with Crippen molar-refractivity contribution in [3.8, 4) is 0 Å². The Hall–Kier alpha value is -3.29. The fraction of sp³-hybridized carbons (Fsp3) is 0.316. The molecule has 2 aromatic heterocycles. The van der Waals surface area contributed by atoms with Gasteiger partial charge in [-0.3, -0.25) is 0 Å². The number of hydrogen-bond donors (Lipinski definition) is 1. The Kier molecular flexibility index (Phi) is 4.78. The molecule has 0 aliphatic carbocycles. The molecule has 0 bridgehead atoms. The highest BCUT2D eigenvalue weighted by molar-refractivity contribution is 5.57. The second kappa shape index (κ2) is 7.53. The fourth-order valence-corrected chi connectivity index (χ4v) is 3.27. The van der Waals surface area contributed by atoms with Crippen LogP contribution >= 0.6 is 0 Å². The van der Waals surface area contributed by atoms with Crippen molar-refractivity contribution < 1.29 is 0 Å². The molecule has 1 saturated heterocycles. The topological polar surface area (TPSA) is 83.0 Å². The molecule has 8 nitrogen and oxygen atoms in total. The smallest absolute Gasteiger partial charge is 0.249 e. The standard InChI is InChI=1S/C19H22N8/c1-14-10-15(2)12-16(11-14)23-18-24-17(13-22-25-18)26-6-8-27(9-7-26)19-20-4-3-5-21-19/h3-5,10-13H,6-9H2,1-2H3,(H,23,24,25). The summed E-state index contributed by atoms with van der Waals surface area (Å²) in [6, 6.07) is 8.11. The minimum Gasteiger partial charge on any atom is -0.352 e. The van der Waals surface area contributed by atoms with Gasteiger partial charge in [0.2, 0.25) is 11.9 Å². The normalized spacial score (nSPS) is 14.3. The lowest BCUT2D eigenvalue weighted by atomic mass is 10.1. The molecule has 0 amide bonds. The summed E-state index contributed by atoms with van der Waals surface area (Å²) in [6.07, 6.45) is 5.25. The lowest BCUT2D eigenvalue weighted by molar-refractivity contribution is 0.632. The van der Waals surface area contributed by atoms with Crippen LogP contribution in [0.2, 0.25) is 0 Å². The second-order valence-corrected chi connectivity index (χ2v) is 6.66. The maximum Gasteiger partial charge on any atom is 0.249 e. The molecular formula is C19H22N8. The summed E-state index contributed by atoms with van der Waals surface area (Å²) in [4.78, 5) is 17.7. The van der Waals surface area contributed by atoms with Crippen LogP contribution in [0.3, 0.4) is 0 Å². The van der Waals surface area contributed by atoms with E-state index >= 15 is 0 Å². The maximum absolute atomic E-state index is 4.64. The SMILES string of the molecule is Cc1cc(C)cc(Nc2nncc(N3CCN(c4ncccn4)CC3)n2)c1. The fourth-order valence-electron chi connectivity index (χ4n) is 3.27. The Labute approximate surface area is 158 Å². The van der Waals surface area contributed by atoms with Gasteiger partial charge in [-0.2, -0.15) is 10.1 Å². The van der Waals surface area contributed by atoms with Crippen LogP contribution in [-0.4, -0.2) is 51.3 Å². The Morgan fingerprint density at radius 1 is 0.889 bits per heavy atom. The molecule has 1 N–H and O–H groups in total. The van der Waals surface area contributed by atoms with Crippen LogP contribution < -0.4 is 15.1 Å². The molecule has 1 aliphatic rings. The molecule has 27 heavy (non-hydrogen) atoms. The molecule has 1 aromatic carbocycles. The van der Waals surface area contributed by atoms with Gasteiger partial charge in [-0.25, -0.2) is 9.97 Å². The number of nitrogens with one attached hydrogen (secondary N) is 1. The zero-order valence-electron chi connectivity index (χ0n) is 15.5. The van der Waals surface area contributed by atoms with Gasteiger partial charge in [0.15, 0.2) is 5.82 Å². The van der Waals surface area contributed by atoms with Crippen molar-refractivity contribution in [2.45, 2.75) is 13.8 Å². The summed E-state index contributed by atoms with van der Waals surface area (Å²) in [5.74, 6) is 2.10. The Morgan fingerprint density at radius 3 is 2.26 bits per heavy atom. The van der Waals surface area contributed by atoms with Gasteiger partial charge in [0.25, 0.3) is 0 Å². The zero-order chi connectivity index (χ0) is 18.6. The average molecular weight is 362 g/mol. The van der Waals surface area contributed by atoms with E-state index in [0.29, 0.717) is 5.95 Å². The molecule has 4 rings (SSSR count). The lowest BCUT2D eigenvalue weighted by Crippen LogP contribution is -2.47. The summed E-state index contributed by atoms with van der Waals surface area (Å²) >= 11 is 0. The van der Waals surface area contributed by atoms with E-state index in [9.17, 15) is 0 Å². The van der Waals surface area contributed by atoms with Crippen LogP contribution in [0, 0.1) is 13.8 Å². The van der Waals surface area contributed by atoms with Crippen molar-refractivity contribution in [2.24, 2.45) is 0 Å². The number of piperazine rings is 1. The van der Waals surface area contributed by atoms with Crippen LogP contribution in [0.15, 0.2) is 42.9 Å². The quantitative estimate of drug-likeness (QED) is 0.757. The summed E-state index contributed by atoms with van der Waals surface area (Å²) in [5.41, 5.74) is 3.36. The van der Waals surface area contributed by atoms with Gasteiger partial charge in [-0.15, -0.1) is 5.10 Å². The molecule has 3 heterocycles. The highest BCUT2D eigenvalue weighted by Gasteiger charge is 2.20. The Balaban J connectivity index is 1.44. The highest BCUT2D eigenvalue weighted by Crippen LogP contribution is 2.20. The van der Waals surface area contributed by atoms with Crippen LogP contribution in [0.4, 0.5) is 23.4 Å². The number of aryl methyl sites for hydroxylation is 2. The van der Waals surface area contributed by atoms with Crippen LogP contribution in [-0.2, 0) is 0 Å². The van der Waals surface area contributed by atoms with E-state index in [1.54, 1.807) is 18.6 Å². The van der Waals surface area contributed by atoms with E-state index in [0.717, 1.165) is 43.6 Å². The van der Waals surface area contributed by atoms with Crippen molar-refractivity contribution in [3.05, 3.63) is 54.0 Å². The van der Waals surface area contributed by atoms with E-state index in [1.165, 1.54) is 11.1 Å². The van der Waals surface area contributed by atoms with Gasteiger partial charge in [-0.1, -0.05) is 6.07 Å². The first-order chi connectivity index (χ1) is 13.2. The molecule has 1 fully saturated rings. The number of nitrogens with zero attached hydrogens (tertiary/aromatic N) is 7. The number of rotatable bonds is 4. The molecule has 1 aliphatic heterocycles. The van der Waals surface area contributed by atoms with Crippen LogP contribution in [0.1, 0.15) is 11.1 Å². The van der Waals surface area contributed by atoms with Gasteiger partial charge in [-0.05, 0) is 43.2 Å². The van der Waals surface area contributed by atoms with E-state index in [-0.39, 0.29) is 0 Å². The predicted molar refractivity (Wildman–Crippen MR) is 105 cm³/mol. The van der Waals surface area contributed by atoms with Crippen molar-refractivity contribution >= 4 is 23.4 Å². The number of benzene rings is 1. The van der Waals surface area contributed by atoms with Gasteiger partial charge in [0.1, 0.15) is 0 Å². The molecule has 3 aromatic rings. The van der Waals surface area contributed by atoms with Gasteiger partial charge in [0.05, 0.1) is 6.20 Å². The third kappa shape index (κ3) is 4.11. The molecular weight excluding hydrogens is 340 g/mol.